The van der Waals surface area contributed by atoms with Gasteiger partial charge in [0.25, 0.3) is 0 Å². The van der Waals surface area contributed by atoms with Crippen LogP contribution in [-0.2, 0) is 6.42 Å². The normalized spacial score (nSPS) is 14.8. The van der Waals surface area contributed by atoms with Crippen molar-refractivity contribution in [3.05, 3.63) is 23.8 Å². The van der Waals surface area contributed by atoms with Gasteiger partial charge in [0, 0.05) is 0 Å². The Morgan fingerprint density at radius 3 is 2.50 bits per heavy atom. The van der Waals surface area contributed by atoms with Gasteiger partial charge in [-0.05, 0) is 42.4 Å². The predicted molar refractivity (Wildman–Crippen MR) is 83.4 cm³/mol. The van der Waals surface area contributed by atoms with Crippen molar-refractivity contribution in [1.82, 2.24) is 0 Å². The summed E-state index contributed by atoms with van der Waals surface area (Å²) in [6, 6.07) is 6.33. The largest absolute Gasteiger partial charge is 0.454 e. The van der Waals surface area contributed by atoms with Crippen molar-refractivity contribution in [2.75, 3.05) is 6.79 Å². The molecule has 2 nitrogen and oxygen atoms in total. The summed E-state index contributed by atoms with van der Waals surface area (Å²) in [4.78, 5) is 0. The maximum absolute atomic E-state index is 5.42. The Morgan fingerprint density at radius 2 is 1.70 bits per heavy atom. The van der Waals surface area contributed by atoms with Crippen LogP contribution in [0, 0.1) is 11.8 Å². The van der Waals surface area contributed by atoms with Gasteiger partial charge in [-0.25, -0.2) is 0 Å². The highest BCUT2D eigenvalue weighted by Gasteiger charge is 2.13. The first-order chi connectivity index (χ1) is 9.65. The van der Waals surface area contributed by atoms with Crippen molar-refractivity contribution in [1.29, 1.82) is 0 Å². The molecule has 1 aliphatic rings. The molecule has 112 valence electrons. The van der Waals surface area contributed by atoms with Crippen molar-refractivity contribution >= 4 is 0 Å². The average Bonchev–Trinajstić information content (AvgIpc) is 2.85. The van der Waals surface area contributed by atoms with E-state index >= 15 is 0 Å². The van der Waals surface area contributed by atoms with Gasteiger partial charge in [0.05, 0.1) is 0 Å². The van der Waals surface area contributed by atoms with E-state index < -0.39 is 0 Å². The zero-order valence-electron chi connectivity index (χ0n) is 13.2. The number of rotatable bonds is 8. The lowest BCUT2D eigenvalue weighted by molar-refractivity contribution is 0.174. The van der Waals surface area contributed by atoms with Crippen molar-refractivity contribution < 1.29 is 9.47 Å². The Labute approximate surface area is 123 Å². The highest BCUT2D eigenvalue weighted by Crippen LogP contribution is 2.33. The Morgan fingerprint density at radius 1 is 0.950 bits per heavy atom. The van der Waals surface area contributed by atoms with Gasteiger partial charge in [0.2, 0.25) is 6.79 Å². The standard InChI is InChI=1S/C18H28O2/c1-14(2)6-4-7-15(3)8-5-9-16-10-11-17-18(12-16)20-13-19-17/h10-12,14-15H,4-9,13H2,1-3H3. The lowest BCUT2D eigenvalue weighted by Crippen LogP contribution is -1.98. The first-order valence-corrected chi connectivity index (χ1v) is 8.03. The highest BCUT2D eigenvalue weighted by atomic mass is 16.7. The Kier molecular flexibility index (Phi) is 5.75. The molecule has 0 bridgehead atoms. The van der Waals surface area contributed by atoms with Gasteiger partial charge in [0.1, 0.15) is 0 Å². The maximum atomic E-state index is 5.42. The van der Waals surface area contributed by atoms with Crippen molar-refractivity contribution in [2.24, 2.45) is 11.8 Å². The Bertz CT molecular complexity index is 412. The summed E-state index contributed by atoms with van der Waals surface area (Å²) in [6.07, 6.45) is 7.86. The zero-order chi connectivity index (χ0) is 14.4. The highest BCUT2D eigenvalue weighted by molar-refractivity contribution is 5.44. The van der Waals surface area contributed by atoms with Crippen LogP contribution in [0.2, 0.25) is 0 Å². The molecule has 1 atom stereocenters. The molecule has 2 rings (SSSR count). The van der Waals surface area contributed by atoms with E-state index in [1.54, 1.807) is 0 Å². The summed E-state index contributed by atoms with van der Waals surface area (Å²) < 4.78 is 10.8. The third-order valence-electron chi connectivity index (χ3n) is 4.08. The van der Waals surface area contributed by atoms with Crippen LogP contribution in [0.25, 0.3) is 0 Å². The van der Waals surface area contributed by atoms with E-state index in [9.17, 15) is 0 Å². The van der Waals surface area contributed by atoms with Crippen LogP contribution in [0.4, 0.5) is 0 Å². The van der Waals surface area contributed by atoms with Gasteiger partial charge >= 0.3 is 0 Å². The molecule has 0 N–H and O–H groups in total. The third-order valence-corrected chi connectivity index (χ3v) is 4.08. The van der Waals surface area contributed by atoms with E-state index in [-0.39, 0.29) is 0 Å². The molecule has 1 aromatic carbocycles. The fraction of sp³-hybridized carbons (Fsp3) is 0.667. The molecule has 0 radical (unpaired) electrons. The van der Waals surface area contributed by atoms with E-state index in [0.717, 1.165) is 29.8 Å². The molecular formula is C18H28O2. The summed E-state index contributed by atoms with van der Waals surface area (Å²) in [5, 5.41) is 0. The summed E-state index contributed by atoms with van der Waals surface area (Å²) >= 11 is 0. The molecule has 1 aliphatic heterocycles. The lowest BCUT2D eigenvalue weighted by atomic mass is 9.94. The predicted octanol–water partition coefficient (Wildman–Crippen LogP) is 5.20. The number of ether oxygens (including phenoxy) is 2. The fourth-order valence-electron chi connectivity index (χ4n) is 2.77. The molecule has 0 aliphatic carbocycles. The number of aryl methyl sites for hydroxylation is 1. The molecule has 0 spiro atoms. The van der Waals surface area contributed by atoms with E-state index in [1.807, 2.05) is 6.07 Å². The third kappa shape index (κ3) is 4.73. The Balaban J connectivity index is 1.65. The van der Waals surface area contributed by atoms with Crippen molar-refractivity contribution in [3.63, 3.8) is 0 Å². The second kappa shape index (κ2) is 7.56. The van der Waals surface area contributed by atoms with Gasteiger partial charge in [-0.1, -0.05) is 52.5 Å². The zero-order valence-corrected chi connectivity index (χ0v) is 13.2. The van der Waals surface area contributed by atoms with Crippen molar-refractivity contribution in [3.8, 4) is 11.5 Å². The number of benzene rings is 1. The molecule has 0 fully saturated rings. The van der Waals surface area contributed by atoms with Gasteiger partial charge in [-0.2, -0.15) is 0 Å². The minimum atomic E-state index is 0.367. The molecule has 0 amide bonds. The molecule has 2 heteroatoms. The second-order valence-corrected chi connectivity index (χ2v) is 6.51. The van der Waals surface area contributed by atoms with E-state index in [1.165, 1.54) is 37.7 Å². The van der Waals surface area contributed by atoms with Crippen LogP contribution in [0.3, 0.4) is 0 Å². The van der Waals surface area contributed by atoms with E-state index in [2.05, 4.69) is 32.9 Å². The van der Waals surface area contributed by atoms with Gasteiger partial charge in [-0.15, -0.1) is 0 Å². The monoisotopic (exact) mass is 276 g/mol. The van der Waals surface area contributed by atoms with Crippen molar-refractivity contribution in [2.45, 2.75) is 59.3 Å². The summed E-state index contributed by atoms with van der Waals surface area (Å²) in [5.41, 5.74) is 1.36. The van der Waals surface area contributed by atoms with Gasteiger partial charge in [-0.3, -0.25) is 0 Å². The molecule has 20 heavy (non-hydrogen) atoms. The molecule has 1 unspecified atom stereocenters. The summed E-state index contributed by atoms with van der Waals surface area (Å²) in [6.45, 7) is 7.38. The van der Waals surface area contributed by atoms with Crippen LogP contribution in [0.15, 0.2) is 18.2 Å². The maximum Gasteiger partial charge on any atom is 0.231 e. The van der Waals surface area contributed by atoms with Crippen LogP contribution in [-0.4, -0.2) is 6.79 Å². The van der Waals surface area contributed by atoms with E-state index in [4.69, 9.17) is 9.47 Å². The average molecular weight is 276 g/mol. The molecular weight excluding hydrogens is 248 g/mol. The molecule has 0 saturated carbocycles. The van der Waals surface area contributed by atoms with Crippen LogP contribution in [0.5, 0.6) is 11.5 Å². The Hall–Kier alpha value is -1.18. The molecule has 1 heterocycles. The lowest BCUT2D eigenvalue weighted by Gasteiger charge is -2.12. The first kappa shape index (κ1) is 15.2. The fourth-order valence-corrected chi connectivity index (χ4v) is 2.77. The van der Waals surface area contributed by atoms with Crippen LogP contribution in [0.1, 0.15) is 58.4 Å². The number of fused-ring (bicyclic) bond motifs is 1. The SMILES string of the molecule is CC(C)CCCC(C)CCCc1ccc2c(c1)OCO2. The smallest absolute Gasteiger partial charge is 0.231 e. The minimum absolute atomic E-state index is 0.367. The molecule has 0 saturated heterocycles. The van der Waals surface area contributed by atoms with Gasteiger partial charge in [0.15, 0.2) is 11.5 Å². The summed E-state index contributed by atoms with van der Waals surface area (Å²) in [5.74, 6) is 3.49. The topological polar surface area (TPSA) is 18.5 Å². The first-order valence-electron chi connectivity index (χ1n) is 8.03. The molecule has 0 aromatic heterocycles. The van der Waals surface area contributed by atoms with Crippen LogP contribution >= 0.6 is 0 Å². The second-order valence-electron chi connectivity index (χ2n) is 6.51. The van der Waals surface area contributed by atoms with Gasteiger partial charge < -0.3 is 9.47 Å². The number of hydrogen-bond donors (Lipinski definition) is 0. The number of hydrogen-bond acceptors (Lipinski definition) is 2. The quantitative estimate of drug-likeness (QED) is 0.649. The van der Waals surface area contributed by atoms with Crippen LogP contribution < -0.4 is 9.47 Å². The molecule has 1 aromatic rings. The minimum Gasteiger partial charge on any atom is -0.454 e. The van der Waals surface area contributed by atoms with E-state index in [0.29, 0.717) is 6.79 Å². The summed E-state index contributed by atoms with van der Waals surface area (Å²) in [7, 11) is 0.